The fourth-order valence-corrected chi connectivity index (χ4v) is 2.37. The van der Waals surface area contributed by atoms with Crippen LogP contribution in [0.2, 0.25) is 0 Å². The zero-order chi connectivity index (χ0) is 14.5. The third kappa shape index (κ3) is 3.58. The summed E-state index contributed by atoms with van der Waals surface area (Å²) < 4.78 is 16.6. The van der Waals surface area contributed by atoms with Crippen molar-refractivity contribution in [2.45, 2.75) is 13.0 Å². The van der Waals surface area contributed by atoms with E-state index in [0.717, 1.165) is 36.6 Å². The van der Waals surface area contributed by atoms with Crippen LogP contribution in [0.1, 0.15) is 12.0 Å². The highest BCUT2D eigenvalue weighted by atomic mass is 16.5. The fourth-order valence-electron chi connectivity index (χ4n) is 2.37. The van der Waals surface area contributed by atoms with Crippen LogP contribution in [0.15, 0.2) is 23.2 Å². The minimum Gasteiger partial charge on any atom is -0.490 e. The highest BCUT2D eigenvalue weighted by Gasteiger charge is 2.13. The molecule has 21 heavy (non-hydrogen) atoms. The summed E-state index contributed by atoms with van der Waals surface area (Å²) in [6, 6.07) is 5.93. The maximum atomic E-state index is 6.02. The zero-order valence-electron chi connectivity index (χ0n) is 12.1. The van der Waals surface area contributed by atoms with Crippen molar-refractivity contribution in [2.75, 3.05) is 39.5 Å². The molecule has 1 aromatic carbocycles. The normalized spacial score (nSPS) is 19.2. The molecule has 1 fully saturated rings. The zero-order valence-corrected chi connectivity index (χ0v) is 12.1. The van der Waals surface area contributed by atoms with Gasteiger partial charge in [0, 0.05) is 19.5 Å². The molecule has 1 saturated heterocycles. The van der Waals surface area contributed by atoms with Gasteiger partial charge in [0.05, 0.1) is 33.0 Å². The van der Waals surface area contributed by atoms with Gasteiger partial charge in [0.15, 0.2) is 17.5 Å². The number of benzene rings is 1. The molecular weight excluding hydrogens is 270 g/mol. The first-order chi connectivity index (χ1) is 10.3. The Kier molecular flexibility index (Phi) is 4.45. The summed E-state index contributed by atoms with van der Waals surface area (Å²) in [5, 5.41) is 0. The van der Waals surface area contributed by atoms with Gasteiger partial charge in [-0.25, -0.2) is 4.99 Å². The molecule has 2 aliphatic heterocycles. The SMILES string of the molecule is NC(=NCc1ccc2c(c1)OCCCO2)N1CCOCC1. The van der Waals surface area contributed by atoms with E-state index in [0.29, 0.717) is 38.9 Å². The standard InChI is InChI=1S/C15H21N3O3/c16-15(18-4-8-19-9-5-18)17-11-12-2-3-13-14(10-12)21-7-1-6-20-13/h2-3,10H,1,4-9,11H2,(H2,16,17). The summed E-state index contributed by atoms with van der Waals surface area (Å²) in [5.74, 6) is 2.18. The summed E-state index contributed by atoms with van der Waals surface area (Å²) in [6.07, 6.45) is 0.909. The molecule has 0 unspecified atom stereocenters. The number of nitrogens with two attached hydrogens (primary N) is 1. The quantitative estimate of drug-likeness (QED) is 0.650. The van der Waals surface area contributed by atoms with Crippen LogP contribution < -0.4 is 15.2 Å². The van der Waals surface area contributed by atoms with Crippen molar-refractivity contribution >= 4 is 5.96 Å². The molecule has 0 saturated carbocycles. The number of ether oxygens (including phenoxy) is 3. The monoisotopic (exact) mass is 291 g/mol. The van der Waals surface area contributed by atoms with Gasteiger partial charge >= 0.3 is 0 Å². The van der Waals surface area contributed by atoms with Crippen molar-refractivity contribution in [1.29, 1.82) is 0 Å². The van der Waals surface area contributed by atoms with Gasteiger partial charge < -0.3 is 24.8 Å². The van der Waals surface area contributed by atoms with Crippen LogP contribution in [0, 0.1) is 0 Å². The van der Waals surface area contributed by atoms with Gasteiger partial charge in [-0.2, -0.15) is 0 Å². The summed E-state index contributed by atoms with van der Waals surface area (Å²) in [7, 11) is 0. The van der Waals surface area contributed by atoms with Gasteiger partial charge in [0.2, 0.25) is 0 Å². The van der Waals surface area contributed by atoms with Gasteiger partial charge in [-0.15, -0.1) is 0 Å². The summed E-state index contributed by atoms with van der Waals surface area (Å²) in [4.78, 5) is 6.51. The van der Waals surface area contributed by atoms with Gasteiger partial charge in [-0.3, -0.25) is 0 Å². The second-order valence-corrected chi connectivity index (χ2v) is 5.11. The maximum absolute atomic E-state index is 6.02. The Hall–Kier alpha value is -1.95. The molecule has 0 radical (unpaired) electrons. The van der Waals surface area contributed by atoms with Crippen molar-refractivity contribution in [2.24, 2.45) is 10.7 Å². The molecule has 1 aromatic rings. The van der Waals surface area contributed by atoms with Crippen LogP contribution in [0.5, 0.6) is 11.5 Å². The Balaban J connectivity index is 1.65. The second kappa shape index (κ2) is 6.67. The number of rotatable bonds is 2. The van der Waals surface area contributed by atoms with E-state index in [1.807, 2.05) is 23.1 Å². The number of nitrogens with zero attached hydrogens (tertiary/aromatic N) is 2. The number of fused-ring (bicyclic) bond motifs is 1. The molecule has 0 bridgehead atoms. The molecule has 6 heteroatoms. The third-order valence-electron chi connectivity index (χ3n) is 3.57. The first-order valence-electron chi connectivity index (χ1n) is 7.34. The summed E-state index contributed by atoms with van der Waals surface area (Å²) in [6.45, 7) is 4.96. The molecule has 3 rings (SSSR count). The van der Waals surface area contributed by atoms with Crippen LogP contribution in [0.4, 0.5) is 0 Å². The molecule has 0 aliphatic carbocycles. The Morgan fingerprint density at radius 3 is 2.67 bits per heavy atom. The van der Waals surface area contributed by atoms with Crippen molar-refractivity contribution in [1.82, 2.24) is 4.90 Å². The first-order valence-corrected chi connectivity index (χ1v) is 7.34. The molecule has 0 aromatic heterocycles. The van der Waals surface area contributed by atoms with Gasteiger partial charge in [-0.1, -0.05) is 6.07 Å². The lowest BCUT2D eigenvalue weighted by molar-refractivity contribution is 0.0674. The van der Waals surface area contributed by atoms with Crippen molar-refractivity contribution in [3.63, 3.8) is 0 Å². The van der Waals surface area contributed by atoms with E-state index in [4.69, 9.17) is 19.9 Å². The summed E-state index contributed by atoms with van der Waals surface area (Å²) in [5.41, 5.74) is 7.09. The van der Waals surface area contributed by atoms with E-state index >= 15 is 0 Å². The minimum absolute atomic E-state index is 0.541. The van der Waals surface area contributed by atoms with Crippen molar-refractivity contribution in [3.8, 4) is 11.5 Å². The first kappa shape index (κ1) is 14.0. The topological polar surface area (TPSA) is 69.3 Å². The highest BCUT2D eigenvalue weighted by molar-refractivity contribution is 5.78. The Bertz CT molecular complexity index is 513. The smallest absolute Gasteiger partial charge is 0.191 e. The van der Waals surface area contributed by atoms with E-state index < -0.39 is 0 Å². The molecule has 2 heterocycles. The fraction of sp³-hybridized carbons (Fsp3) is 0.533. The summed E-state index contributed by atoms with van der Waals surface area (Å²) >= 11 is 0. The largest absolute Gasteiger partial charge is 0.490 e. The van der Waals surface area contributed by atoms with Gasteiger partial charge in [-0.05, 0) is 17.7 Å². The second-order valence-electron chi connectivity index (χ2n) is 5.11. The number of aliphatic imine (C=N–C) groups is 1. The van der Waals surface area contributed by atoms with Crippen LogP contribution in [0.3, 0.4) is 0 Å². The lowest BCUT2D eigenvalue weighted by atomic mass is 10.2. The number of morpholine rings is 1. The molecule has 114 valence electrons. The van der Waals surface area contributed by atoms with E-state index in [2.05, 4.69) is 4.99 Å². The molecule has 6 nitrogen and oxygen atoms in total. The van der Waals surface area contributed by atoms with Crippen molar-refractivity contribution in [3.05, 3.63) is 23.8 Å². The maximum Gasteiger partial charge on any atom is 0.191 e. The van der Waals surface area contributed by atoms with Crippen molar-refractivity contribution < 1.29 is 14.2 Å². The Morgan fingerprint density at radius 1 is 1.10 bits per heavy atom. The third-order valence-corrected chi connectivity index (χ3v) is 3.57. The van der Waals surface area contributed by atoms with E-state index in [-0.39, 0.29) is 0 Å². The molecule has 0 spiro atoms. The average molecular weight is 291 g/mol. The van der Waals surface area contributed by atoms with E-state index in [9.17, 15) is 0 Å². The minimum atomic E-state index is 0.541. The lowest BCUT2D eigenvalue weighted by Gasteiger charge is -2.27. The van der Waals surface area contributed by atoms with Crippen LogP contribution in [0.25, 0.3) is 0 Å². The molecule has 2 aliphatic rings. The van der Waals surface area contributed by atoms with Gasteiger partial charge in [0.25, 0.3) is 0 Å². The van der Waals surface area contributed by atoms with E-state index in [1.165, 1.54) is 0 Å². The Morgan fingerprint density at radius 2 is 1.86 bits per heavy atom. The molecule has 2 N–H and O–H groups in total. The number of hydrogen-bond acceptors (Lipinski definition) is 4. The highest BCUT2D eigenvalue weighted by Crippen LogP contribution is 2.30. The molecule has 0 amide bonds. The molecule has 0 atom stereocenters. The average Bonchev–Trinajstić information content (AvgIpc) is 2.78. The predicted octanol–water partition coefficient (Wildman–Crippen LogP) is 0.995. The van der Waals surface area contributed by atoms with Crippen LogP contribution in [-0.2, 0) is 11.3 Å². The Labute approximate surface area is 124 Å². The van der Waals surface area contributed by atoms with Crippen LogP contribution >= 0.6 is 0 Å². The van der Waals surface area contributed by atoms with E-state index in [1.54, 1.807) is 0 Å². The number of hydrogen-bond donors (Lipinski definition) is 1. The molecular formula is C15H21N3O3. The van der Waals surface area contributed by atoms with Gasteiger partial charge in [0.1, 0.15) is 0 Å². The lowest BCUT2D eigenvalue weighted by Crippen LogP contribution is -2.44. The van der Waals surface area contributed by atoms with Crippen LogP contribution in [-0.4, -0.2) is 50.4 Å². The number of guanidine groups is 1. The predicted molar refractivity (Wildman–Crippen MR) is 79.8 cm³/mol.